The molecule has 16 heavy (non-hydrogen) atoms. The van der Waals surface area contributed by atoms with Crippen LogP contribution in [0.2, 0.25) is 0 Å². The molecule has 0 saturated heterocycles. The van der Waals surface area contributed by atoms with E-state index in [0.29, 0.717) is 0 Å². The number of hydrogen-bond acceptors (Lipinski definition) is 0. The first-order valence-corrected chi connectivity index (χ1v) is 6.26. The monoisotopic (exact) mass is 213 g/mol. The minimum atomic E-state index is 0.840. The number of aromatic nitrogens is 1. The zero-order chi connectivity index (χ0) is 11.3. The maximum absolute atomic E-state index is 3.62. The molecule has 0 amide bonds. The van der Waals surface area contributed by atoms with Crippen LogP contribution in [0.3, 0.4) is 0 Å². The molecule has 1 heterocycles. The van der Waals surface area contributed by atoms with Gasteiger partial charge in [-0.15, -0.1) is 0 Å². The molecule has 1 nitrogen and oxygen atoms in total. The van der Waals surface area contributed by atoms with Gasteiger partial charge in [-0.05, 0) is 61.8 Å². The van der Waals surface area contributed by atoms with Gasteiger partial charge in [0, 0.05) is 16.6 Å². The Hall–Kier alpha value is -1.24. The van der Waals surface area contributed by atoms with Crippen molar-refractivity contribution >= 4 is 10.9 Å². The van der Waals surface area contributed by atoms with Gasteiger partial charge in [0.1, 0.15) is 0 Å². The van der Waals surface area contributed by atoms with Gasteiger partial charge >= 0.3 is 0 Å². The summed E-state index contributed by atoms with van der Waals surface area (Å²) in [4.78, 5) is 3.62. The third-order valence-corrected chi connectivity index (χ3v) is 3.87. The summed E-state index contributed by atoms with van der Waals surface area (Å²) >= 11 is 0. The summed E-state index contributed by atoms with van der Waals surface area (Å²) in [6, 6.07) is 4.58. The second-order valence-electron chi connectivity index (χ2n) is 5.43. The number of aryl methyl sites for hydroxylation is 3. The van der Waals surface area contributed by atoms with Gasteiger partial charge in [-0.25, -0.2) is 0 Å². The van der Waals surface area contributed by atoms with Gasteiger partial charge in [0.25, 0.3) is 0 Å². The normalized spacial score (nSPS) is 20.1. The van der Waals surface area contributed by atoms with Crippen molar-refractivity contribution in [2.24, 2.45) is 5.92 Å². The van der Waals surface area contributed by atoms with E-state index in [1.807, 2.05) is 0 Å². The predicted octanol–water partition coefficient (Wildman–Crippen LogP) is 3.91. The third-order valence-electron chi connectivity index (χ3n) is 3.87. The first kappa shape index (κ1) is 9.95. The van der Waals surface area contributed by atoms with E-state index >= 15 is 0 Å². The average molecular weight is 213 g/mol. The van der Waals surface area contributed by atoms with Crippen molar-refractivity contribution in [1.82, 2.24) is 4.98 Å². The van der Waals surface area contributed by atoms with Gasteiger partial charge < -0.3 is 4.98 Å². The zero-order valence-corrected chi connectivity index (χ0v) is 10.4. The van der Waals surface area contributed by atoms with Crippen LogP contribution in [0, 0.1) is 19.8 Å². The molecule has 1 aromatic carbocycles. The van der Waals surface area contributed by atoms with Crippen LogP contribution in [0.4, 0.5) is 0 Å². The molecule has 0 aliphatic heterocycles. The average Bonchev–Trinajstić information content (AvgIpc) is 2.54. The third kappa shape index (κ3) is 1.38. The van der Waals surface area contributed by atoms with Crippen LogP contribution in [0.1, 0.15) is 35.7 Å². The molecule has 1 aliphatic rings. The summed E-state index contributed by atoms with van der Waals surface area (Å²) in [6.45, 7) is 6.78. The zero-order valence-electron chi connectivity index (χ0n) is 10.4. The molecule has 0 radical (unpaired) electrons. The molecule has 1 unspecified atom stereocenters. The topological polar surface area (TPSA) is 15.8 Å². The van der Waals surface area contributed by atoms with E-state index in [1.165, 1.54) is 47.0 Å². The number of H-pyrrole nitrogens is 1. The molecule has 1 atom stereocenters. The van der Waals surface area contributed by atoms with Crippen LogP contribution >= 0.6 is 0 Å². The highest BCUT2D eigenvalue weighted by atomic mass is 14.7. The van der Waals surface area contributed by atoms with E-state index in [9.17, 15) is 0 Å². The number of fused-ring (bicyclic) bond motifs is 3. The lowest BCUT2D eigenvalue weighted by Crippen LogP contribution is -2.10. The quantitative estimate of drug-likeness (QED) is 0.683. The van der Waals surface area contributed by atoms with Crippen molar-refractivity contribution in [3.63, 3.8) is 0 Å². The first-order valence-electron chi connectivity index (χ1n) is 6.26. The SMILES string of the molecule is Cc1cc(C)c2c3c([nH]c2c1)CCC(C)C3. The van der Waals surface area contributed by atoms with E-state index in [0.717, 1.165) is 5.92 Å². The maximum atomic E-state index is 3.62. The largest absolute Gasteiger partial charge is 0.358 e. The first-order chi connectivity index (χ1) is 7.65. The predicted molar refractivity (Wildman–Crippen MR) is 69.0 cm³/mol. The van der Waals surface area contributed by atoms with Gasteiger partial charge in [-0.2, -0.15) is 0 Å². The van der Waals surface area contributed by atoms with E-state index in [1.54, 1.807) is 5.56 Å². The smallest absolute Gasteiger partial charge is 0.0464 e. The fourth-order valence-electron chi connectivity index (χ4n) is 3.14. The summed E-state index contributed by atoms with van der Waals surface area (Å²) in [5.74, 6) is 0.840. The Labute approximate surface area is 96.9 Å². The lowest BCUT2D eigenvalue weighted by atomic mass is 9.87. The van der Waals surface area contributed by atoms with Gasteiger partial charge in [-0.3, -0.25) is 0 Å². The van der Waals surface area contributed by atoms with Crippen LogP contribution in [0.15, 0.2) is 12.1 Å². The lowest BCUT2D eigenvalue weighted by molar-refractivity contribution is 0.499. The number of aromatic amines is 1. The highest BCUT2D eigenvalue weighted by molar-refractivity contribution is 5.88. The van der Waals surface area contributed by atoms with Gasteiger partial charge in [0.05, 0.1) is 0 Å². The molecule has 1 N–H and O–H groups in total. The Balaban J connectivity index is 2.30. The molecule has 1 aliphatic carbocycles. The van der Waals surface area contributed by atoms with Crippen LogP contribution in [-0.2, 0) is 12.8 Å². The van der Waals surface area contributed by atoms with Crippen molar-refractivity contribution in [2.75, 3.05) is 0 Å². The number of hydrogen-bond donors (Lipinski definition) is 1. The Morgan fingerprint density at radius 2 is 2.06 bits per heavy atom. The molecule has 1 aromatic heterocycles. The fourth-order valence-corrected chi connectivity index (χ4v) is 3.14. The van der Waals surface area contributed by atoms with Crippen LogP contribution in [0.25, 0.3) is 10.9 Å². The number of benzene rings is 1. The van der Waals surface area contributed by atoms with Crippen molar-refractivity contribution in [1.29, 1.82) is 0 Å². The highest BCUT2D eigenvalue weighted by Gasteiger charge is 2.20. The van der Waals surface area contributed by atoms with E-state index in [-0.39, 0.29) is 0 Å². The fraction of sp³-hybridized carbons (Fsp3) is 0.467. The molecule has 0 saturated carbocycles. The molecule has 84 valence electrons. The van der Waals surface area contributed by atoms with E-state index in [2.05, 4.69) is 37.9 Å². The summed E-state index contributed by atoms with van der Waals surface area (Å²) in [5, 5.41) is 1.49. The molecular formula is C15H19N. The van der Waals surface area contributed by atoms with E-state index in [4.69, 9.17) is 0 Å². The maximum Gasteiger partial charge on any atom is 0.0464 e. The second kappa shape index (κ2) is 3.38. The summed E-state index contributed by atoms with van der Waals surface area (Å²) < 4.78 is 0. The highest BCUT2D eigenvalue weighted by Crippen LogP contribution is 2.33. The lowest BCUT2D eigenvalue weighted by Gasteiger charge is -2.18. The molecule has 0 spiro atoms. The van der Waals surface area contributed by atoms with Crippen molar-refractivity contribution < 1.29 is 0 Å². The van der Waals surface area contributed by atoms with Crippen LogP contribution in [-0.4, -0.2) is 4.98 Å². The number of nitrogens with one attached hydrogen (secondary N) is 1. The summed E-state index contributed by atoms with van der Waals surface area (Å²) in [7, 11) is 0. The molecule has 2 aromatic rings. The van der Waals surface area contributed by atoms with Crippen LogP contribution < -0.4 is 0 Å². The summed E-state index contributed by atoms with van der Waals surface area (Å²) in [5.41, 5.74) is 7.21. The number of rotatable bonds is 0. The van der Waals surface area contributed by atoms with Gasteiger partial charge in [-0.1, -0.05) is 13.0 Å². The minimum Gasteiger partial charge on any atom is -0.358 e. The van der Waals surface area contributed by atoms with Gasteiger partial charge in [0.2, 0.25) is 0 Å². The van der Waals surface area contributed by atoms with Gasteiger partial charge in [0.15, 0.2) is 0 Å². The molecule has 0 fully saturated rings. The Kier molecular flexibility index (Phi) is 2.10. The molecular weight excluding hydrogens is 194 g/mol. The standard InChI is InChI=1S/C15H19N/c1-9-4-5-13-12(7-9)15-11(3)6-10(2)8-14(15)16-13/h6,8-9,16H,4-5,7H2,1-3H3. The molecule has 0 bridgehead atoms. The molecule has 1 heteroatoms. The van der Waals surface area contributed by atoms with Crippen molar-refractivity contribution in [3.05, 3.63) is 34.5 Å². The Morgan fingerprint density at radius 1 is 1.25 bits per heavy atom. The van der Waals surface area contributed by atoms with Crippen LogP contribution in [0.5, 0.6) is 0 Å². The Morgan fingerprint density at radius 3 is 2.88 bits per heavy atom. The Bertz CT molecular complexity index is 548. The van der Waals surface area contributed by atoms with E-state index < -0.39 is 0 Å². The summed E-state index contributed by atoms with van der Waals surface area (Å²) in [6.07, 6.45) is 3.81. The minimum absolute atomic E-state index is 0.840. The van der Waals surface area contributed by atoms with Crippen molar-refractivity contribution in [2.45, 2.75) is 40.0 Å². The second-order valence-corrected chi connectivity index (χ2v) is 5.43. The van der Waals surface area contributed by atoms with Crippen molar-refractivity contribution in [3.8, 4) is 0 Å². The molecule has 3 rings (SSSR count).